The van der Waals surface area contributed by atoms with Crippen molar-refractivity contribution in [2.24, 2.45) is 20.0 Å². The summed E-state index contributed by atoms with van der Waals surface area (Å²) in [6.07, 6.45) is 15.6. The first-order valence-corrected chi connectivity index (χ1v) is 12.0. The third-order valence-electron chi connectivity index (χ3n) is 5.85. The van der Waals surface area contributed by atoms with E-state index < -0.39 is 0 Å². The van der Waals surface area contributed by atoms with E-state index in [9.17, 15) is 9.59 Å². The topological polar surface area (TPSA) is 60.8 Å². The Kier molecular flexibility index (Phi) is 10.0. The fraction of sp³-hybridized carbons (Fsp3) is 0.556. The Morgan fingerprint density at radius 3 is 2.45 bits per heavy atom. The summed E-state index contributed by atoms with van der Waals surface area (Å²) < 4.78 is 5.38. The number of aromatic nitrogens is 4. The number of imidazole rings is 1. The Labute approximate surface area is 198 Å². The van der Waals surface area contributed by atoms with Crippen molar-refractivity contribution in [2.75, 3.05) is 0 Å². The molecule has 0 aliphatic carbocycles. The van der Waals surface area contributed by atoms with Gasteiger partial charge in [-0.15, -0.1) is 0 Å². The van der Waals surface area contributed by atoms with Crippen LogP contribution in [0, 0.1) is 5.92 Å². The van der Waals surface area contributed by atoms with E-state index in [0.717, 1.165) is 32.1 Å². The number of nitrogens with zero attached hydrogens (tertiary/aromatic N) is 4. The van der Waals surface area contributed by atoms with Crippen LogP contribution in [0.2, 0.25) is 0 Å². The predicted molar refractivity (Wildman–Crippen MR) is 135 cm³/mol. The van der Waals surface area contributed by atoms with E-state index in [0.29, 0.717) is 30.0 Å². The van der Waals surface area contributed by atoms with Gasteiger partial charge in [0.25, 0.3) is 5.65 Å². The Morgan fingerprint density at radius 2 is 1.76 bits per heavy atom. The van der Waals surface area contributed by atoms with Crippen molar-refractivity contribution in [3.8, 4) is 0 Å². The fourth-order valence-corrected chi connectivity index (χ4v) is 3.98. The molecule has 0 aliphatic rings. The number of carbonyl (C=O) groups excluding carboxylic acids is 1. The molecule has 2 aromatic rings. The molecule has 0 atom stereocenters. The zero-order valence-electron chi connectivity index (χ0n) is 21.5. The SMILES string of the molecule is C/C(=C\Cn1cnc2c1c(=O)n(C)c[n+]2C)CC/C=C(\C)CCC/C(C)=C/C(=O)CC(C)C. The molecule has 33 heavy (non-hydrogen) atoms. The number of rotatable bonds is 12. The second-order valence-corrected chi connectivity index (χ2v) is 9.76. The zero-order valence-corrected chi connectivity index (χ0v) is 21.5. The molecular weight excluding hydrogens is 412 g/mol. The van der Waals surface area contributed by atoms with E-state index in [1.54, 1.807) is 24.3 Å². The molecular formula is C27H41N4O2+. The van der Waals surface area contributed by atoms with Gasteiger partial charge in [0, 0.05) is 13.0 Å². The van der Waals surface area contributed by atoms with Gasteiger partial charge in [0.05, 0.1) is 14.1 Å². The molecule has 0 fully saturated rings. The van der Waals surface area contributed by atoms with Crippen LogP contribution in [0.25, 0.3) is 11.2 Å². The second kappa shape index (κ2) is 12.5. The van der Waals surface area contributed by atoms with E-state index in [1.165, 1.54) is 16.7 Å². The Morgan fingerprint density at radius 1 is 1.09 bits per heavy atom. The molecule has 2 rings (SSSR count). The summed E-state index contributed by atoms with van der Waals surface area (Å²) >= 11 is 0. The second-order valence-electron chi connectivity index (χ2n) is 9.76. The molecule has 0 bridgehead atoms. The first-order valence-electron chi connectivity index (χ1n) is 12.0. The van der Waals surface area contributed by atoms with Crippen molar-refractivity contribution in [1.29, 1.82) is 0 Å². The van der Waals surface area contributed by atoms with Gasteiger partial charge in [-0.2, -0.15) is 0 Å². The first-order chi connectivity index (χ1) is 15.6. The molecule has 0 aromatic carbocycles. The average Bonchev–Trinajstić information content (AvgIpc) is 3.14. The molecule has 0 spiro atoms. The van der Waals surface area contributed by atoms with Crippen molar-refractivity contribution in [2.45, 2.75) is 79.7 Å². The van der Waals surface area contributed by atoms with E-state index in [1.807, 2.05) is 22.3 Å². The highest BCUT2D eigenvalue weighted by Crippen LogP contribution is 2.15. The number of carbonyl (C=O) groups is 1. The van der Waals surface area contributed by atoms with Crippen molar-refractivity contribution in [3.63, 3.8) is 0 Å². The maximum absolute atomic E-state index is 12.5. The highest BCUT2D eigenvalue weighted by molar-refractivity contribution is 5.90. The number of hydrogen-bond acceptors (Lipinski definition) is 3. The van der Waals surface area contributed by atoms with Gasteiger partial charge in [-0.1, -0.05) is 47.7 Å². The summed E-state index contributed by atoms with van der Waals surface area (Å²) in [6, 6.07) is 0. The summed E-state index contributed by atoms with van der Waals surface area (Å²) in [6.45, 7) is 11.2. The number of allylic oxidation sites excluding steroid dienone is 6. The molecule has 0 N–H and O–H groups in total. The lowest BCUT2D eigenvalue weighted by molar-refractivity contribution is -0.651. The highest BCUT2D eigenvalue weighted by Gasteiger charge is 2.16. The molecule has 180 valence electrons. The zero-order chi connectivity index (χ0) is 24.5. The normalized spacial score (nSPS) is 13.4. The molecule has 0 saturated carbocycles. The molecule has 2 aromatic heterocycles. The van der Waals surface area contributed by atoms with Gasteiger partial charge in [-0.25, -0.2) is 13.9 Å². The third kappa shape index (κ3) is 8.26. The predicted octanol–water partition coefficient (Wildman–Crippen LogP) is 4.96. The van der Waals surface area contributed by atoms with Gasteiger partial charge < -0.3 is 4.57 Å². The monoisotopic (exact) mass is 453 g/mol. The van der Waals surface area contributed by atoms with Gasteiger partial charge in [0.2, 0.25) is 5.52 Å². The Balaban J connectivity index is 1.82. The lowest BCUT2D eigenvalue weighted by Gasteiger charge is -2.05. The van der Waals surface area contributed by atoms with Crippen molar-refractivity contribution >= 4 is 16.9 Å². The molecule has 6 nitrogen and oxygen atoms in total. The van der Waals surface area contributed by atoms with Crippen LogP contribution in [-0.2, 0) is 25.4 Å². The van der Waals surface area contributed by atoms with E-state index in [2.05, 4.69) is 51.8 Å². The van der Waals surface area contributed by atoms with Crippen LogP contribution in [0.5, 0.6) is 0 Å². The van der Waals surface area contributed by atoms with E-state index in [-0.39, 0.29) is 11.3 Å². The van der Waals surface area contributed by atoms with Crippen LogP contribution < -0.4 is 10.1 Å². The maximum Gasteiger partial charge on any atom is 0.337 e. The minimum Gasteiger partial charge on any atom is -0.303 e. The van der Waals surface area contributed by atoms with E-state index in [4.69, 9.17) is 0 Å². The van der Waals surface area contributed by atoms with Crippen LogP contribution in [0.4, 0.5) is 0 Å². The molecule has 0 aliphatic heterocycles. The van der Waals surface area contributed by atoms with Crippen LogP contribution in [-0.4, -0.2) is 19.9 Å². The molecule has 0 unspecified atom stereocenters. The summed E-state index contributed by atoms with van der Waals surface area (Å²) in [7, 11) is 3.66. The van der Waals surface area contributed by atoms with Crippen molar-refractivity contribution in [3.05, 3.63) is 58.0 Å². The van der Waals surface area contributed by atoms with Crippen molar-refractivity contribution in [1.82, 2.24) is 14.1 Å². The largest absolute Gasteiger partial charge is 0.337 e. The number of fused-ring (bicyclic) bond motifs is 1. The van der Waals surface area contributed by atoms with Crippen molar-refractivity contribution < 1.29 is 9.36 Å². The van der Waals surface area contributed by atoms with Crippen LogP contribution in [0.1, 0.15) is 73.1 Å². The lowest BCUT2D eigenvalue weighted by atomic mass is 10.0. The smallest absolute Gasteiger partial charge is 0.303 e. The Hall–Kier alpha value is -2.76. The summed E-state index contributed by atoms with van der Waals surface area (Å²) in [5, 5.41) is 0. The average molecular weight is 454 g/mol. The molecule has 2 heterocycles. The van der Waals surface area contributed by atoms with Crippen LogP contribution in [0.15, 0.2) is 52.4 Å². The quantitative estimate of drug-likeness (QED) is 0.259. The van der Waals surface area contributed by atoms with Gasteiger partial charge in [0.1, 0.15) is 0 Å². The minimum atomic E-state index is -0.0282. The first kappa shape index (κ1) is 26.5. The minimum absolute atomic E-state index is 0.0282. The maximum atomic E-state index is 12.5. The molecule has 0 amide bonds. The summed E-state index contributed by atoms with van der Waals surface area (Å²) in [5.41, 5.74) is 5.21. The highest BCUT2D eigenvalue weighted by atomic mass is 16.1. The third-order valence-corrected chi connectivity index (χ3v) is 5.85. The molecule has 6 heteroatoms. The summed E-state index contributed by atoms with van der Waals surface area (Å²) in [4.78, 5) is 28.8. The number of ketones is 1. The molecule has 0 radical (unpaired) electrons. The van der Waals surface area contributed by atoms with Gasteiger partial charge in [0.15, 0.2) is 18.4 Å². The standard InChI is InChI=1S/C27H41N4O2/c1-20(2)16-24(32)17-23(5)13-9-11-21(3)10-8-12-22(4)14-15-31-18-28-26-25(31)27(33)30(7)19-29(26)6/h10,14,17-20H,8-9,11-13,15-16H2,1-7H3/q+1/b21-10+,22-14+,23-17+. The number of hydrogen-bond donors (Lipinski definition) is 0. The summed E-state index contributed by atoms with van der Waals surface area (Å²) in [5.74, 6) is 0.661. The van der Waals surface area contributed by atoms with Crippen LogP contribution in [0.3, 0.4) is 0 Å². The lowest BCUT2D eigenvalue weighted by Crippen LogP contribution is -2.37. The Bertz CT molecular complexity index is 1110. The fourth-order valence-electron chi connectivity index (χ4n) is 3.98. The van der Waals surface area contributed by atoms with Gasteiger partial charge >= 0.3 is 5.56 Å². The number of aryl methyl sites for hydroxylation is 2. The molecule has 0 saturated heterocycles. The van der Waals surface area contributed by atoms with Gasteiger partial charge in [-0.3, -0.25) is 4.79 Å². The van der Waals surface area contributed by atoms with Crippen LogP contribution >= 0.6 is 0 Å². The van der Waals surface area contributed by atoms with Gasteiger partial charge in [-0.05, 0) is 64.9 Å². The van der Waals surface area contributed by atoms with E-state index >= 15 is 0 Å².